The van der Waals surface area contributed by atoms with Crippen molar-refractivity contribution in [3.8, 4) is 5.75 Å². The number of piperazine rings is 1. The molecule has 0 aromatic heterocycles. The molecule has 110 valence electrons. The highest BCUT2D eigenvalue weighted by Crippen LogP contribution is 2.30. The zero-order chi connectivity index (χ0) is 13.8. The summed E-state index contributed by atoms with van der Waals surface area (Å²) in [7, 11) is 0. The van der Waals surface area contributed by atoms with Gasteiger partial charge in [0.05, 0.1) is 6.61 Å². The Bertz CT molecular complexity index is 442. The van der Waals surface area contributed by atoms with Gasteiger partial charge in [-0.1, -0.05) is 0 Å². The van der Waals surface area contributed by atoms with E-state index in [1.54, 1.807) is 12.1 Å². The molecule has 2 aliphatic rings. The van der Waals surface area contributed by atoms with Crippen LogP contribution < -0.4 is 10.1 Å². The zero-order valence-corrected chi connectivity index (χ0v) is 11.9. The first kappa shape index (κ1) is 13.8. The minimum Gasteiger partial charge on any atom is -0.493 e. The molecular formula is C16H23FN2O. The molecule has 0 spiro atoms. The number of halogens is 1. The van der Waals surface area contributed by atoms with E-state index < -0.39 is 0 Å². The summed E-state index contributed by atoms with van der Waals surface area (Å²) < 4.78 is 19.3. The SMILES string of the molecule is Fc1ccc(OCC2CC2)c(CCN2CCNCC2)c1. The average molecular weight is 278 g/mol. The van der Waals surface area contributed by atoms with Crippen molar-refractivity contribution in [2.45, 2.75) is 19.3 Å². The number of ether oxygens (including phenoxy) is 1. The van der Waals surface area contributed by atoms with Crippen LogP contribution in [-0.4, -0.2) is 44.2 Å². The average Bonchev–Trinajstić information content (AvgIpc) is 3.29. The number of rotatable bonds is 6. The maximum absolute atomic E-state index is 13.4. The smallest absolute Gasteiger partial charge is 0.123 e. The Morgan fingerprint density at radius 2 is 2.05 bits per heavy atom. The molecule has 2 fully saturated rings. The van der Waals surface area contributed by atoms with E-state index in [-0.39, 0.29) is 5.82 Å². The Balaban J connectivity index is 1.58. The van der Waals surface area contributed by atoms with Crippen LogP contribution in [-0.2, 0) is 6.42 Å². The lowest BCUT2D eigenvalue weighted by atomic mass is 10.1. The molecule has 1 N–H and O–H groups in total. The summed E-state index contributed by atoms with van der Waals surface area (Å²) in [4.78, 5) is 2.42. The number of hydrogen-bond acceptors (Lipinski definition) is 3. The van der Waals surface area contributed by atoms with Gasteiger partial charge in [-0.15, -0.1) is 0 Å². The van der Waals surface area contributed by atoms with E-state index in [0.29, 0.717) is 0 Å². The molecule has 0 amide bonds. The fourth-order valence-corrected chi connectivity index (χ4v) is 2.59. The van der Waals surface area contributed by atoms with Gasteiger partial charge in [0.15, 0.2) is 0 Å². The standard InChI is InChI=1S/C16H23FN2O/c17-15-3-4-16(20-12-13-1-2-13)14(11-15)5-8-19-9-6-18-7-10-19/h3-4,11,13,18H,1-2,5-10,12H2. The van der Waals surface area contributed by atoms with Crippen LogP contribution in [0.25, 0.3) is 0 Å². The zero-order valence-electron chi connectivity index (χ0n) is 11.9. The first-order valence-electron chi connectivity index (χ1n) is 7.65. The molecule has 4 heteroatoms. The highest BCUT2D eigenvalue weighted by molar-refractivity contribution is 5.34. The van der Waals surface area contributed by atoms with Crippen molar-refractivity contribution < 1.29 is 9.13 Å². The normalized spacial score (nSPS) is 20.1. The molecular weight excluding hydrogens is 255 g/mol. The Labute approximate surface area is 120 Å². The van der Waals surface area contributed by atoms with Gasteiger partial charge in [-0.3, -0.25) is 0 Å². The van der Waals surface area contributed by atoms with Gasteiger partial charge in [-0.25, -0.2) is 4.39 Å². The summed E-state index contributed by atoms with van der Waals surface area (Å²) in [6.07, 6.45) is 3.41. The molecule has 0 bridgehead atoms. The van der Waals surface area contributed by atoms with Gasteiger partial charge in [0.1, 0.15) is 11.6 Å². The summed E-state index contributed by atoms with van der Waals surface area (Å²) in [5, 5.41) is 3.35. The maximum atomic E-state index is 13.4. The summed E-state index contributed by atoms with van der Waals surface area (Å²) in [5.41, 5.74) is 1.00. The van der Waals surface area contributed by atoms with E-state index in [4.69, 9.17) is 4.74 Å². The number of hydrogen-bond donors (Lipinski definition) is 1. The van der Waals surface area contributed by atoms with Crippen LogP contribution in [0.5, 0.6) is 5.75 Å². The predicted molar refractivity (Wildman–Crippen MR) is 77.6 cm³/mol. The Morgan fingerprint density at radius 3 is 2.80 bits per heavy atom. The summed E-state index contributed by atoms with van der Waals surface area (Å²) in [6, 6.07) is 4.91. The molecule has 3 rings (SSSR count). The lowest BCUT2D eigenvalue weighted by Crippen LogP contribution is -2.44. The molecule has 0 atom stereocenters. The highest BCUT2D eigenvalue weighted by Gasteiger charge is 2.22. The minimum atomic E-state index is -0.168. The van der Waals surface area contributed by atoms with Gasteiger partial charge in [-0.2, -0.15) is 0 Å². The lowest BCUT2D eigenvalue weighted by molar-refractivity contribution is 0.241. The van der Waals surface area contributed by atoms with Gasteiger partial charge < -0.3 is 15.0 Å². The highest BCUT2D eigenvalue weighted by atomic mass is 19.1. The Kier molecular flexibility index (Phi) is 4.53. The fourth-order valence-electron chi connectivity index (χ4n) is 2.59. The summed E-state index contributed by atoms with van der Waals surface area (Å²) in [6.45, 7) is 6.01. The number of nitrogens with one attached hydrogen (secondary N) is 1. The molecule has 1 saturated carbocycles. The molecule has 1 saturated heterocycles. The maximum Gasteiger partial charge on any atom is 0.123 e. The molecule has 1 aromatic carbocycles. The van der Waals surface area contributed by atoms with Crippen LogP contribution in [0.1, 0.15) is 18.4 Å². The molecule has 1 aromatic rings. The largest absolute Gasteiger partial charge is 0.493 e. The minimum absolute atomic E-state index is 0.168. The van der Waals surface area contributed by atoms with Gasteiger partial charge in [0.25, 0.3) is 0 Å². The van der Waals surface area contributed by atoms with Crippen molar-refractivity contribution in [2.75, 3.05) is 39.3 Å². The van der Waals surface area contributed by atoms with Crippen LogP contribution in [0.2, 0.25) is 0 Å². The third-order valence-electron chi connectivity index (χ3n) is 4.10. The quantitative estimate of drug-likeness (QED) is 0.862. The second-order valence-corrected chi connectivity index (χ2v) is 5.85. The first-order valence-corrected chi connectivity index (χ1v) is 7.65. The van der Waals surface area contributed by atoms with E-state index in [1.165, 1.54) is 18.9 Å². The van der Waals surface area contributed by atoms with Crippen molar-refractivity contribution in [2.24, 2.45) is 5.92 Å². The molecule has 1 aliphatic carbocycles. The second-order valence-electron chi connectivity index (χ2n) is 5.85. The molecule has 0 unspecified atom stereocenters. The molecule has 0 radical (unpaired) electrons. The topological polar surface area (TPSA) is 24.5 Å². The van der Waals surface area contributed by atoms with Crippen molar-refractivity contribution in [1.82, 2.24) is 10.2 Å². The van der Waals surface area contributed by atoms with Crippen molar-refractivity contribution >= 4 is 0 Å². The summed E-state index contributed by atoms with van der Waals surface area (Å²) >= 11 is 0. The summed E-state index contributed by atoms with van der Waals surface area (Å²) in [5.74, 6) is 1.42. The van der Waals surface area contributed by atoms with Crippen LogP contribution in [0.3, 0.4) is 0 Å². The van der Waals surface area contributed by atoms with Crippen LogP contribution >= 0.6 is 0 Å². The Morgan fingerprint density at radius 1 is 1.25 bits per heavy atom. The van der Waals surface area contributed by atoms with E-state index in [0.717, 1.165) is 63.0 Å². The first-order chi connectivity index (χ1) is 9.81. The Hall–Kier alpha value is -1.13. The van der Waals surface area contributed by atoms with E-state index in [1.807, 2.05) is 0 Å². The van der Waals surface area contributed by atoms with Gasteiger partial charge in [0.2, 0.25) is 0 Å². The fraction of sp³-hybridized carbons (Fsp3) is 0.625. The van der Waals surface area contributed by atoms with Crippen molar-refractivity contribution in [3.05, 3.63) is 29.6 Å². The van der Waals surface area contributed by atoms with Gasteiger partial charge in [-0.05, 0) is 48.9 Å². The molecule has 1 heterocycles. The third-order valence-corrected chi connectivity index (χ3v) is 4.10. The van der Waals surface area contributed by atoms with Crippen molar-refractivity contribution in [3.63, 3.8) is 0 Å². The van der Waals surface area contributed by atoms with E-state index in [2.05, 4.69) is 10.2 Å². The van der Waals surface area contributed by atoms with E-state index in [9.17, 15) is 4.39 Å². The lowest BCUT2D eigenvalue weighted by Gasteiger charge is -2.27. The van der Waals surface area contributed by atoms with Crippen LogP contribution in [0.15, 0.2) is 18.2 Å². The molecule has 20 heavy (non-hydrogen) atoms. The van der Waals surface area contributed by atoms with Crippen LogP contribution in [0.4, 0.5) is 4.39 Å². The monoisotopic (exact) mass is 278 g/mol. The van der Waals surface area contributed by atoms with Crippen molar-refractivity contribution in [1.29, 1.82) is 0 Å². The van der Waals surface area contributed by atoms with Gasteiger partial charge in [0, 0.05) is 32.7 Å². The van der Waals surface area contributed by atoms with E-state index >= 15 is 0 Å². The predicted octanol–water partition coefficient (Wildman–Crippen LogP) is 2.06. The molecule has 3 nitrogen and oxygen atoms in total. The third kappa shape index (κ3) is 3.93. The number of benzene rings is 1. The molecule has 1 aliphatic heterocycles. The van der Waals surface area contributed by atoms with Gasteiger partial charge >= 0.3 is 0 Å². The number of nitrogens with zero attached hydrogens (tertiary/aromatic N) is 1. The van der Waals surface area contributed by atoms with Crippen LogP contribution in [0, 0.1) is 11.7 Å². The second kappa shape index (κ2) is 6.55.